The van der Waals surface area contributed by atoms with E-state index in [9.17, 15) is 4.79 Å². The Labute approximate surface area is 129 Å². The molecule has 2 aromatic rings. The number of carbonyl (C=O) groups excluding carboxylic acids is 1. The van der Waals surface area contributed by atoms with E-state index in [0.717, 1.165) is 40.9 Å². The minimum Gasteiger partial charge on any atom is -0.497 e. The maximum atomic E-state index is 12.6. The third kappa shape index (κ3) is 2.72. The Balaban J connectivity index is 1.98. The van der Waals surface area contributed by atoms with E-state index in [1.165, 1.54) is 0 Å². The van der Waals surface area contributed by atoms with Crippen molar-refractivity contribution in [2.24, 2.45) is 0 Å². The van der Waals surface area contributed by atoms with Gasteiger partial charge >= 0.3 is 0 Å². The summed E-state index contributed by atoms with van der Waals surface area (Å²) in [6.45, 7) is 0. The molecule has 0 saturated heterocycles. The summed E-state index contributed by atoms with van der Waals surface area (Å²) in [5.74, 6) is 0.874. The molecule has 1 aliphatic carbocycles. The third-order valence-electron chi connectivity index (χ3n) is 3.75. The lowest BCUT2D eigenvalue weighted by atomic mass is 9.86. The van der Waals surface area contributed by atoms with Crippen molar-refractivity contribution < 1.29 is 9.53 Å². The summed E-state index contributed by atoms with van der Waals surface area (Å²) in [6, 6.07) is 13.2. The number of rotatable bonds is 2. The van der Waals surface area contributed by atoms with Gasteiger partial charge in [-0.25, -0.2) is 0 Å². The van der Waals surface area contributed by atoms with E-state index in [1.54, 1.807) is 7.11 Å². The van der Waals surface area contributed by atoms with Crippen molar-refractivity contribution in [3.63, 3.8) is 0 Å². The van der Waals surface area contributed by atoms with Crippen LogP contribution >= 0.6 is 11.6 Å². The maximum absolute atomic E-state index is 12.6. The van der Waals surface area contributed by atoms with Gasteiger partial charge in [0.1, 0.15) is 5.75 Å². The molecule has 0 heterocycles. The number of allylic oxidation sites excluding steroid dienone is 1. The molecule has 2 aromatic carbocycles. The molecule has 0 amide bonds. The molecule has 2 nitrogen and oxygen atoms in total. The highest BCUT2D eigenvalue weighted by atomic mass is 35.5. The number of Topliss-reactive ketones (excluding diaryl/α,β-unsaturated/α-hetero) is 1. The van der Waals surface area contributed by atoms with Crippen molar-refractivity contribution >= 4 is 23.5 Å². The fourth-order valence-corrected chi connectivity index (χ4v) is 2.79. The Hall–Kier alpha value is -2.06. The number of carbonyl (C=O) groups is 1. The molecule has 0 atom stereocenters. The van der Waals surface area contributed by atoms with Crippen molar-refractivity contribution in [3.05, 3.63) is 69.8 Å². The monoisotopic (exact) mass is 298 g/mol. The van der Waals surface area contributed by atoms with Gasteiger partial charge in [0.25, 0.3) is 0 Å². The predicted molar refractivity (Wildman–Crippen MR) is 85.1 cm³/mol. The summed E-state index contributed by atoms with van der Waals surface area (Å²) in [6.07, 6.45) is 3.47. The number of methoxy groups -OCH3 is 1. The summed E-state index contributed by atoms with van der Waals surface area (Å²) >= 11 is 6.16. The van der Waals surface area contributed by atoms with Gasteiger partial charge in [0.15, 0.2) is 5.78 Å². The van der Waals surface area contributed by atoms with Crippen LogP contribution in [0.2, 0.25) is 5.02 Å². The molecule has 3 heteroatoms. The number of halogens is 1. The summed E-state index contributed by atoms with van der Waals surface area (Å²) in [4.78, 5) is 12.6. The SMILES string of the molecule is COc1ccc2c(c1)CCC(=Cc1ccccc1Cl)C2=O. The van der Waals surface area contributed by atoms with Crippen LogP contribution in [0.1, 0.15) is 27.9 Å². The lowest BCUT2D eigenvalue weighted by Gasteiger charge is -2.18. The number of ether oxygens (including phenoxy) is 1. The summed E-state index contributed by atoms with van der Waals surface area (Å²) in [7, 11) is 1.63. The van der Waals surface area contributed by atoms with E-state index in [1.807, 2.05) is 48.5 Å². The highest BCUT2D eigenvalue weighted by molar-refractivity contribution is 6.32. The Kier molecular flexibility index (Phi) is 3.80. The van der Waals surface area contributed by atoms with E-state index in [4.69, 9.17) is 16.3 Å². The van der Waals surface area contributed by atoms with Gasteiger partial charge in [0, 0.05) is 16.2 Å². The third-order valence-corrected chi connectivity index (χ3v) is 4.09. The minimum atomic E-state index is 0.0822. The quantitative estimate of drug-likeness (QED) is 0.760. The molecule has 3 rings (SSSR count). The number of hydrogen-bond acceptors (Lipinski definition) is 2. The number of benzene rings is 2. The van der Waals surface area contributed by atoms with Crippen LogP contribution in [0.5, 0.6) is 5.75 Å². The first kappa shape index (κ1) is 13.9. The van der Waals surface area contributed by atoms with Crippen molar-refractivity contribution in [2.75, 3.05) is 7.11 Å². The lowest BCUT2D eigenvalue weighted by molar-refractivity contribution is 0.102. The van der Waals surface area contributed by atoms with Crippen molar-refractivity contribution in [3.8, 4) is 5.75 Å². The molecule has 0 bridgehead atoms. The van der Waals surface area contributed by atoms with Crippen molar-refractivity contribution in [2.45, 2.75) is 12.8 Å². The van der Waals surface area contributed by atoms with Crippen LogP contribution in [0.15, 0.2) is 48.0 Å². The molecular formula is C18H15ClO2. The molecule has 0 radical (unpaired) electrons. The van der Waals surface area contributed by atoms with E-state index < -0.39 is 0 Å². The molecule has 0 fully saturated rings. The highest BCUT2D eigenvalue weighted by Gasteiger charge is 2.22. The predicted octanol–water partition coefficient (Wildman–Crippen LogP) is 4.56. The van der Waals surface area contributed by atoms with E-state index in [0.29, 0.717) is 5.02 Å². The standard InChI is InChI=1S/C18H15ClO2/c1-21-15-8-9-16-12(11-15)6-7-14(18(16)20)10-13-4-2-3-5-17(13)19/h2-5,8-11H,6-7H2,1H3. The number of ketones is 1. The van der Waals surface area contributed by atoms with Gasteiger partial charge in [-0.05, 0) is 54.3 Å². The molecule has 0 unspecified atom stereocenters. The molecule has 106 valence electrons. The second kappa shape index (κ2) is 5.74. The maximum Gasteiger partial charge on any atom is 0.189 e. The molecule has 0 spiro atoms. The summed E-state index contributed by atoms with van der Waals surface area (Å²) in [5.41, 5.74) is 3.51. The van der Waals surface area contributed by atoms with Gasteiger partial charge in [-0.3, -0.25) is 4.79 Å². The van der Waals surface area contributed by atoms with E-state index in [2.05, 4.69) is 0 Å². The summed E-state index contributed by atoms with van der Waals surface area (Å²) in [5, 5.41) is 0.665. The highest BCUT2D eigenvalue weighted by Crippen LogP contribution is 2.30. The normalized spacial score (nSPS) is 15.9. The number of aryl methyl sites for hydroxylation is 1. The first-order valence-electron chi connectivity index (χ1n) is 6.86. The van der Waals surface area contributed by atoms with Crippen LogP contribution < -0.4 is 4.74 Å². The molecular weight excluding hydrogens is 284 g/mol. The smallest absolute Gasteiger partial charge is 0.189 e. The fraction of sp³-hybridized carbons (Fsp3) is 0.167. The molecule has 0 saturated carbocycles. The first-order chi connectivity index (χ1) is 10.2. The lowest BCUT2D eigenvalue weighted by Crippen LogP contribution is -2.14. The number of hydrogen-bond donors (Lipinski definition) is 0. The van der Waals surface area contributed by atoms with Crippen molar-refractivity contribution in [1.29, 1.82) is 0 Å². The van der Waals surface area contributed by atoms with Crippen LogP contribution in [-0.4, -0.2) is 12.9 Å². The van der Waals surface area contributed by atoms with Gasteiger partial charge in [0.2, 0.25) is 0 Å². The zero-order valence-corrected chi connectivity index (χ0v) is 12.5. The Morgan fingerprint density at radius 1 is 1.14 bits per heavy atom. The molecule has 1 aliphatic rings. The van der Waals surface area contributed by atoms with Gasteiger partial charge in [0.05, 0.1) is 7.11 Å². The average molecular weight is 299 g/mol. The van der Waals surface area contributed by atoms with Gasteiger partial charge in [-0.15, -0.1) is 0 Å². The van der Waals surface area contributed by atoms with E-state index in [-0.39, 0.29) is 5.78 Å². The fourth-order valence-electron chi connectivity index (χ4n) is 2.60. The van der Waals surface area contributed by atoms with Crippen LogP contribution in [-0.2, 0) is 6.42 Å². The Morgan fingerprint density at radius 2 is 1.95 bits per heavy atom. The molecule has 0 N–H and O–H groups in total. The van der Waals surface area contributed by atoms with Gasteiger partial charge in [-0.2, -0.15) is 0 Å². The summed E-state index contributed by atoms with van der Waals surface area (Å²) < 4.78 is 5.21. The van der Waals surface area contributed by atoms with Crippen molar-refractivity contribution in [1.82, 2.24) is 0 Å². The molecule has 21 heavy (non-hydrogen) atoms. The van der Waals surface area contributed by atoms with Crippen LogP contribution in [0.3, 0.4) is 0 Å². The second-order valence-electron chi connectivity index (χ2n) is 5.04. The second-order valence-corrected chi connectivity index (χ2v) is 5.45. The van der Waals surface area contributed by atoms with Gasteiger partial charge in [-0.1, -0.05) is 29.8 Å². The topological polar surface area (TPSA) is 26.3 Å². The van der Waals surface area contributed by atoms with E-state index >= 15 is 0 Å². The Bertz CT molecular complexity index is 732. The number of fused-ring (bicyclic) bond motifs is 1. The zero-order valence-electron chi connectivity index (χ0n) is 11.7. The van der Waals surface area contributed by atoms with Gasteiger partial charge < -0.3 is 4.74 Å². The first-order valence-corrected chi connectivity index (χ1v) is 7.23. The van der Waals surface area contributed by atoms with Crippen LogP contribution in [0.4, 0.5) is 0 Å². The van der Waals surface area contributed by atoms with Crippen LogP contribution in [0, 0.1) is 0 Å². The van der Waals surface area contributed by atoms with Crippen LogP contribution in [0.25, 0.3) is 6.08 Å². The minimum absolute atomic E-state index is 0.0822. The Morgan fingerprint density at radius 3 is 2.71 bits per heavy atom. The molecule has 0 aromatic heterocycles. The average Bonchev–Trinajstić information content (AvgIpc) is 2.51. The zero-order chi connectivity index (χ0) is 14.8. The largest absolute Gasteiger partial charge is 0.497 e. The molecule has 0 aliphatic heterocycles.